The van der Waals surface area contributed by atoms with E-state index in [4.69, 9.17) is 0 Å². The molecule has 2 rings (SSSR count). The van der Waals surface area contributed by atoms with Gasteiger partial charge in [-0.3, -0.25) is 10.1 Å². The van der Waals surface area contributed by atoms with Gasteiger partial charge in [0.1, 0.15) is 0 Å². The fourth-order valence-corrected chi connectivity index (χ4v) is 3.14. The Morgan fingerprint density at radius 2 is 1.95 bits per heavy atom. The highest BCUT2D eigenvalue weighted by Crippen LogP contribution is 2.31. The second kappa shape index (κ2) is 5.59. The van der Waals surface area contributed by atoms with E-state index in [1.807, 2.05) is 6.07 Å². The summed E-state index contributed by atoms with van der Waals surface area (Å²) in [6.07, 6.45) is 2.10. The topological polar surface area (TPSA) is 46.4 Å². The van der Waals surface area contributed by atoms with Crippen LogP contribution < -0.4 is 4.90 Å². The van der Waals surface area contributed by atoms with E-state index in [0.29, 0.717) is 11.8 Å². The van der Waals surface area contributed by atoms with Crippen LogP contribution in [0.2, 0.25) is 0 Å². The summed E-state index contributed by atoms with van der Waals surface area (Å²) in [4.78, 5) is 12.9. The normalized spacial score (nSPS) is 23.4. The zero-order valence-electron chi connectivity index (χ0n) is 11.9. The minimum Gasteiger partial charge on any atom is -0.371 e. The average molecular weight is 262 g/mol. The smallest absolute Gasteiger partial charge is 0.269 e. The highest BCUT2D eigenvalue weighted by atomic mass is 16.6. The van der Waals surface area contributed by atoms with Crippen LogP contribution in [-0.2, 0) is 6.42 Å². The molecule has 1 fully saturated rings. The molecule has 1 saturated heterocycles. The molecule has 4 nitrogen and oxygen atoms in total. The van der Waals surface area contributed by atoms with Crippen LogP contribution >= 0.6 is 0 Å². The number of aryl methyl sites for hydroxylation is 1. The average Bonchev–Trinajstić information content (AvgIpc) is 2.36. The summed E-state index contributed by atoms with van der Waals surface area (Å²) in [5, 5.41) is 10.9. The molecule has 1 aromatic carbocycles. The molecule has 0 N–H and O–H groups in total. The maximum Gasteiger partial charge on any atom is 0.269 e. The van der Waals surface area contributed by atoms with E-state index in [9.17, 15) is 10.1 Å². The van der Waals surface area contributed by atoms with E-state index in [1.165, 1.54) is 12.1 Å². The lowest BCUT2D eigenvalue weighted by atomic mass is 9.91. The first-order valence-electron chi connectivity index (χ1n) is 7.03. The van der Waals surface area contributed by atoms with Crippen LogP contribution in [0.5, 0.6) is 0 Å². The summed E-state index contributed by atoms with van der Waals surface area (Å²) >= 11 is 0. The summed E-state index contributed by atoms with van der Waals surface area (Å²) < 4.78 is 0. The predicted octanol–water partition coefficient (Wildman–Crippen LogP) is 3.64. The molecular formula is C15H22N2O2. The quantitative estimate of drug-likeness (QED) is 0.617. The van der Waals surface area contributed by atoms with Gasteiger partial charge in [-0.15, -0.1) is 0 Å². The Hall–Kier alpha value is -1.58. The summed E-state index contributed by atoms with van der Waals surface area (Å²) in [5.74, 6) is 1.37. The van der Waals surface area contributed by atoms with Gasteiger partial charge in [-0.05, 0) is 36.3 Å². The van der Waals surface area contributed by atoms with Crippen LogP contribution in [0.15, 0.2) is 18.2 Å². The van der Waals surface area contributed by atoms with Crippen molar-refractivity contribution in [1.29, 1.82) is 0 Å². The predicted molar refractivity (Wildman–Crippen MR) is 77.6 cm³/mol. The molecule has 2 atom stereocenters. The van der Waals surface area contributed by atoms with Gasteiger partial charge in [0.05, 0.1) is 4.92 Å². The molecule has 0 aromatic heterocycles. The van der Waals surface area contributed by atoms with E-state index >= 15 is 0 Å². The molecule has 1 aliphatic heterocycles. The largest absolute Gasteiger partial charge is 0.371 e. The van der Waals surface area contributed by atoms with Gasteiger partial charge in [0.25, 0.3) is 5.69 Å². The zero-order chi connectivity index (χ0) is 14.0. The van der Waals surface area contributed by atoms with Gasteiger partial charge >= 0.3 is 0 Å². The molecule has 0 unspecified atom stereocenters. The number of nitrogens with zero attached hydrogens (tertiary/aromatic N) is 2. The zero-order valence-corrected chi connectivity index (χ0v) is 11.9. The monoisotopic (exact) mass is 262 g/mol. The number of non-ortho nitro benzene ring substituents is 1. The first-order valence-corrected chi connectivity index (χ1v) is 7.03. The SMILES string of the molecule is CCc1cc([N+](=O)[O-])ccc1N1C[C@@H](C)C[C@H](C)C1. The van der Waals surface area contributed by atoms with Gasteiger partial charge in [-0.25, -0.2) is 0 Å². The minimum atomic E-state index is -0.315. The van der Waals surface area contributed by atoms with Crippen molar-refractivity contribution in [3.8, 4) is 0 Å². The number of rotatable bonds is 3. The number of anilines is 1. The summed E-state index contributed by atoms with van der Waals surface area (Å²) in [6, 6.07) is 5.26. The maximum absolute atomic E-state index is 10.9. The van der Waals surface area contributed by atoms with Crippen molar-refractivity contribution in [2.45, 2.75) is 33.6 Å². The molecule has 0 spiro atoms. The maximum atomic E-state index is 10.9. The lowest BCUT2D eigenvalue weighted by molar-refractivity contribution is -0.384. The molecule has 4 heteroatoms. The van der Waals surface area contributed by atoms with Crippen LogP contribution in [0.4, 0.5) is 11.4 Å². The van der Waals surface area contributed by atoms with Gasteiger partial charge in [0.15, 0.2) is 0 Å². The van der Waals surface area contributed by atoms with E-state index in [0.717, 1.165) is 25.1 Å². The molecule has 1 aliphatic rings. The Balaban J connectivity index is 2.30. The van der Waals surface area contributed by atoms with Gasteiger partial charge in [0, 0.05) is 30.9 Å². The molecule has 0 radical (unpaired) electrons. The second-order valence-corrected chi connectivity index (χ2v) is 5.77. The highest BCUT2D eigenvalue weighted by Gasteiger charge is 2.24. The number of benzene rings is 1. The number of hydrogen-bond acceptors (Lipinski definition) is 3. The Kier molecular flexibility index (Phi) is 4.08. The van der Waals surface area contributed by atoms with Crippen molar-refractivity contribution in [1.82, 2.24) is 0 Å². The first kappa shape index (κ1) is 13.8. The third-order valence-electron chi connectivity index (χ3n) is 3.86. The molecule has 0 saturated carbocycles. The Labute approximate surface area is 114 Å². The van der Waals surface area contributed by atoms with Crippen LogP contribution in [0.3, 0.4) is 0 Å². The number of nitro benzene ring substituents is 1. The summed E-state index contributed by atoms with van der Waals surface area (Å²) in [5.41, 5.74) is 2.45. The first-order chi connectivity index (χ1) is 9.01. The standard InChI is InChI=1S/C15H22N2O2/c1-4-13-8-14(17(18)19)5-6-15(13)16-9-11(2)7-12(3)10-16/h5-6,8,11-12H,4,7,9-10H2,1-3H3/t11-,12-/m0/s1. The Bertz CT molecular complexity index is 463. The molecule has 0 bridgehead atoms. The van der Waals surface area contributed by atoms with Crippen molar-refractivity contribution in [3.63, 3.8) is 0 Å². The minimum absolute atomic E-state index is 0.193. The Morgan fingerprint density at radius 3 is 2.47 bits per heavy atom. The number of hydrogen-bond donors (Lipinski definition) is 0. The number of nitro groups is 1. The van der Waals surface area contributed by atoms with E-state index in [-0.39, 0.29) is 10.6 Å². The lowest BCUT2D eigenvalue weighted by Crippen LogP contribution is -2.39. The van der Waals surface area contributed by atoms with Gasteiger partial charge in [-0.2, -0.15) is 0 Å². The van der Waals surface area contributed by atoms with Crippen molar-refractivity contribution in [3.05, 3.63) is 33.9 Å². The van der Waals surface area contributed by atoms with Crippen molar-refractivity contribution in [2.24, 2.45) is 11.8 Å². The van der Waals surface area contributed by atoms with Crippen molar-refractivity contribution >= 4 is 11.4 Å². The third kappa shape index (κ3) is 3.06. The molecule has 1 aromatic rings. The van der Waals surface area contributed by atoms with Crippen molar-refractivity contribution < 1.29 is 4.92 Å². The lowest BCUT2D eigenvalue weighted by Gasteiger charge is -2.37. The van der Waals surface area contributed by atoms with Gasteiger partial charge in [-0.1, -0.05) is 20.8 Å². The van der Waals surface area contributed by atoms with Crippen molar-refractivity contribution in [2.75, 3.05) is 18.0 Å². The highest BCUT2D eigenvalue weighted by molar-refractivity contribution is 5.58. The molecule has 0 aliphatic carbocycles. The van der Waals surface area contributed by atoms with Crippen LogP contribution in [0.25, 0.3) is 0 Å². The molecule has 0 amide bonds. The van der Waals surface area contributed by atoms with E-state index in [2.05, 4.69) is 25.7 Å². The van der Waals surface area contributed by atoms with Gasteiger partial charge < -0.3 is 4.90 Å². The number of piperidine rings is 1. The molecule has 1 heterocycles. The fourth-order valence-electron chi connectivity index (χ4n) is 3.14. The molecular weight excluding hydrogens is 240 g/mol. The van der Waals surface area contributed by atoms with Crippen LogP contribution in [0, 0.1) is 22.0 Å². The van der Waals surface area contributed by atoms with E-state index in [1.54, 1.807) is 12.1 Å². The summed E-state index contributed by atoms with van der Waals surface area (Å²) in [6.45, 7) is 8.71. The Morgan fingerprint density at radius 1 is 1.32 bits per heavy atom. The fraction of sp³-hybridized carbons (Fsp3) is 0.600. The second-order valence-electron chi connectivity index (χ2n) is 5.77. The van der Waals surface area contributed by atoms with Gasteiger partial charge in [0.2, 0.25) is 0 Å². The summed E-state index contributed by atoms with van der Waals surface area (Å²) in [7, 11) is 0. The van der Waals surface area contributed by atoms with Crippen LogP contribution in [-0.4, -0.2) is 18.0 Å². The molecule has 104 valence electrons. The third-order valence-corrected chi connectivity index (χ3v) is 3.86. The molecule has 19 heavy (non-hydrogen) atoms. The van der Waals surface area contributed by atoms with Crippen LogP contribution in [0.1, 0.15) is 32.8 Å². The van der Waals surface area contributed by atoms with E-state index < -0.39 is 0 Å².